The number of halogens is 2. The molecule has 0 aliphatic heterocycles. The summed E-state index contributed by atoms with van der Waals surface area (Å²) in [7, 11) is -3.67. The van der Waals surface area contributed by atoms with E-state index in [1.54, 1.807) is 6.92 Å². The lowest BCUT2D eigenvalue weighted by atomic mass is 10.4. The fourth-order valence-electron chi connectivity index (χ4n) is 1.38. The van der Waals surface area contributed by atoms with Crippen LogP contribution < -0.4 is 4.72 Å². The van der Waals surface area contributed by atoms with Crippen molar-refractivity contribution in [3.63, 3.8) is 0 Å². The summed E-state index contributed by atoms with van der Waals surface area (Å²) in [6.07, 6.45) is 1.26. The first-order chi connectivity index (χ1) is 8.90. The van der Waals surface area contributed by atoms with Crippen molar-refractivity contribution in [2.75, 3.05) is 0 Å². The highest BCUT2D eigenvalue weighted by atomic mass is 35.5. The molecule has 0 saturated heterocycles. The van der Waals surface area contributed by atoms with Gasteiger partial charge in [0.2, 0.25) is 10.0 Å². The molecule has 0 amide bonds. The zero-order chi connectivity index (χ0) is 14.0. The molecule has 8 heteroatoms. The van der Waals surface area contributed by atoms with Gasteiger partial charge in [-0.2, -0.15) is 0 Å². The SMILES string of the molecule is Cc1ncoc1CNS(=O)(=O)c1ccc(Cl)c(Cl)c1. The minimum Gasteiger partial charge on any atom is -0.447 e. The van der Waals surface area contributed by atoms with Crippen LogP contribution in [0.5, 0.6) is 0 Å². The molecule has 5 nitrogen and oxygen atoms in total. The quantitative estimate of drug-likeness (QED) is 0.940. The molecular weight excluding hydrogens is 311 g/mol. The van der Waals surface area contributed by atoms with E-state index in [-0.39, 0.29) is 16.5 Å². The lowest BCUT2D eigenvalue weighted by molar-refractivity contribution is 0.492. The van der Waals surface area contributed by atoms with Crippen LogP contribution in [0.4, 0.5) is 0 Å². The molecule has 102 valence electrons. The maximum absolute atomic E-state index is 12.0. The van der Waals surface area contributed by atoms with Gasteiger partial charge >= 0.3 is 0 Å². The Morgan fingerprint density at radius 3 is 2.63 bits per heavy atom. The van der Waals surface area contributed by atoms with Crippen LogP contribution in [0.1, 0.15) is 11.5 Å². The van der Waals surface area contributed by atoms with Crippen LogP contribution >= 0.6 is 23.2 Å². The normalized spacial score (nSPS) is 11.7. The highest BCUT2D eigenvalue weighted by Crippen LogP contribution is 2.24. The van der Waals surface area contributed by atoms with Gasteiger partial charge in [-0.3, -0.25) is 0 Å². The third kappa shape index (κ3) is 3.27. The second-order valence-electron chi connectivity index (χ2n) is 3.76. The van der Waals surface area contributed by atoms with Crippen molar-refractivity contribution >= 4 is 33.2 Å². The number of nitrogens with one attached hydrogen (secondary N) is 1. The minimum absolute atomic E-state index is 0.0222. The van der Waals surface area contributed by atoms with Gasteiger partial charge in [0.25, 0.3) is 0 Å². The predicted molar refractivity (Wildman–Crippen MR) is 71.7 cm³/mol. The average molecular weight is 321 g/mol. The molecule has 0 spiro atoms. The van der Waals surface area contributed by atoms with Crippen molar-refractivity contribution in [3.8, 4) is 0 Å². The smallest absolute Gasteiger partial charge is 0.241 e. The molecule has 1 N–H and O–H groups in total. The summed E-state index contributed by atoms with van der Waals surface area (Å²) < 4.78 is 31.5. The first-order valence-corrected chi connectivity index (χ1v) is 7.48. The van der Waals surface area contributed by atoms with Crippen molar-refractivity contribution < 1.29 is 12.8 Å². The van der Waals surface area contributed by atoms with E-state index >= 15 is 0 Å². The van der Waals surface area contributed by atoms with Gasteiger partial charge in [0.15, 0.2) is 6.39 Å². The number of sulfonamides is 1. The van der Waals surface area contributed by atoms with Gasteiger partial charge in [-0.15, -0.1) is 0 Å². The van der Waals surface area contributed by atoms with Gasteiger partial charge < -0.3 is 4.42 Å². The third-order valence-electron chi connectivity index (χ3n) is 2.47. The molecule has 0 unspecified atom stereocenters. The monoisotopic (exact) mass is 320 g/mol. The molecule has 0 aliphatic carbocycles. The topological polar surface area (TPSA) is 72.2 Å². The number of benzene rings is 1. The molecule has 2 aromatic rings. The molecular formula is C11H10Cl2N2O3S. The Labute approximate surface area is 120 Å². The first kappa shape index (κ1) is 14.3. The predicted octanol–water partition coefficient (Wildman–Crippen LogP) is 2.77. The standard InChI is InChI=1S/C11H10Cl2N2O3S/c1-7-11(18-6-14-7)5-15-19(16,17)8-2-3-9(12)10(13)4-8/h2-4,6,15H,5H2,1H3. The number of hydrogen-bond donors (Lipinski definition) is 1. The van der Waals surface area contributed by atoms with E-state index in [1.165, 1.54) is 24.6 Å². The maximum atomic E-state index is 12.0. The Morgan fingerprint density at radius 1 is 1.32 bits per heavy atom. The van der Waals surface area contributed by atoms with Crippen LogP contribution in [0.25, 0.3) is 0 Å². The lowest BCUT2D eigenvalue weighted by Gasteiger charge is -2.06. The van der Waals surface area contributed by atoms with E-state index in [0.717, 1.165) is 0 Å². The first-order valence-electron chi connectivity index (χ1n) is 5.24. The van der Waals surface area contributed by atoms with Crippen LogP contribution in [0.3, 0.4) is 0 Å². The number of rotatable bonds is 4. The summed E-state index contributed by atoms with van der Waals surface area (Å²) in [6.45, 7) is 1.75. The Bertz CT molecular complexity index is 698. The van der Waals surface area contributed by atoms with E-state index in [1.807, 2.05) is 0 Å². The van der Waals surface area contributed by atoms with E-state index in [9.17, 15) is 8.42 Å². The van der Waals surface area contributed by atoms with Crippen molar-refractivity contribution in [1.29, 1.82) is 0 Å². The van der Waals surface area contributed by atoms with E-state index < -0.39 is 10.0 Å². The van der Waals surface area contributed by atoms with Crippen LogP contribution in [0.2, 0.25) is 10.0 Å². The highest BCUT2D eigenvalue weighted by Gasteiger charge is 2.16. The summed E-state index contributed by atoms with van der Waals surface area (Å²) in [6, 6.07) is 4.10. The maximum Gasteiger partial charge on any atom is 0.241 e. The van der Waals surface area contributed by atoms with E-state index in [0.29, 0.717) is 16.5 Å². The molecule has 1 aromatic heterocycles. The van der Waals surface area contributed by atoms with Gasteiger partial charge in [0.05, 0.1) is 27.2 Å². The van der Waals surface area contributed by atoms with Crippen LogP contribution in [0.15, 0.2) is 33.9 Å². The zero-order valence-corrected chi connectivity index (χ0v) is 12.2. The second kappa shape index (κ2) is 5.50. The summed E-state index contributed by atoms with van der Waals surface area (Å²) in [5, 5.41) is 0.479. The number of oxazole rings is 1. The van der Waals surface area contributed by atoms with Crippen molar-refractivity contribution in [2.45, 2.75) is 18.4 Å². The van der Waals surface area contributed by atoms with E-state index in [4.69, 9.17) is 27.6 Å². The van der Waals surface area contributed by atoms with Crippen molar-refractivity contribution in [3.05, 3.63) is 46.1 Å². The molecule has 0 atom stereocenters. The molecule has 19 heavy (non-hydrogen) atoms. The zero-order valence-electron chi connectivity index (χ0n) is 9.85. The molecule has 2 rings (SSSR count). The molecule has 0 saturated carbocycles. The Kier molecular flexibility index (Phi) is 4.15. The van der Waals surface area contributed by atoms with Gasteiger partial charge in [-0.05, 0) is 25.1 Å². The number of nitrogens with zero attached hydrogens (tertiary/aromatic N) is 1. The summed E-state index contributed by atoms with van der Waals surface area (Å²) in [4.78, 5) is 3.92. The highest BCUT2D eigenvalue weighted by molar-refractivity contribution is 7.89. The molecule has 0 bridgehead atoms. The van der Waals surface area contributed by atoms with E-state index in [2.05, 4.69) is 9.71 Å². The minimum atomic E-state index is -3.67. The average Bonchev–Trinajstić information content (AvgIpc) is 2.76. The number of aromatic nitrogens is 1. The molecule has 1 aromatic carbocycles. The summed E-state index contributed by atoms with van der Waals surface area (Å²) in [5.74, 6) is 0.462. The van der Waals surface area contributed by atoms with Gasteiger partial charge in [0.1, 0.15) is 5.76 Å². The third-order valence-corrected chi connectivity index (χ3v) is 4.61. The van der Waals surface area contributed by atoms with Crippen LogP contribution in [0, 0.1) is 6.92 Å². The molecule has 0 fully saturated rings. The van der Waals surface area contributed by atoms with Crippen molar-refractivity contribution in [1.82, 2.24) is 9.71 Å². The molecule has 0 radical (unpaired) electrons. The largest absolute Gasteiger partial charge is 0.447 e. The number of hydrogen-bond acceptors (Lipinski definition) is 4. The molecule has 1 heterocycles. The number of aryl methyl sites for hydroxylation is 1. The Hall–Kier alpha value is -1.08. The van der Waals surface area contributed by atoms with Crippen molar-refractivity contribution in [2.24, 2.45) is 0 Å². The Balaban J connectivity index is 2.18. The van der Waals surface area contributed by atoms with Gasteiger partial charge in [0, 0.05) is 0 Å². The van der Waals surface area contributed by atoms with Gasteiger partial charge in [-0.1, -0.05) is 23.2 Å². The van der Waals surface area contributed by atoms with Crippen LogP contribution in [-0.2, 0) is 16.6 Å². The summed E-state index contributed by atoms with van der Waals surface area (Å²) >= 11 is 11.5. The van der Waals surface area contributed by atoms with Gasteiger partial charge in [-0.25, -0.2) is 18.1 Å². The fraction of sp³-hybridized carbons (Fsp3) is 0.182. The lowest BCUT2D eigenvalue weighted by Crippen LogP contribution is -2.23. The second-order valence-corrected chi connectivity index (χ2v) is 6.34. The summed E-state index contributed by atoms with van der Waals surface area (Å²) in [5.41, 5.74) is 0.636. The Morgan fingerprint density at radius 2 is 2.05 bits per heavy atom. The molecule has 0 aliphatic rings. The van der Waals surface area contributed by atoms with Crippen LogP contribution in [-0.4, -0.2) is 13.4 Å². The fourth-order valence-corrected chi connectivity index (χ4v) is 2.75.